The van der Waals surface area contributed by atoms with Crippen molar-refractivity contribution in [1.82, 2.24) is 9.21 Å². The molecule has 0 bridgehead atoms. The normalized spacial score (nSPS) is 11.6. The van der Waals surface area contributed by atoms with Crippen molar-refractivity contribution in [2.24, 2.45) is 0 Å². The average Bonchev–Trinajstić information content (AvgIpc) is 2.35. The number of carbonyl (C=O) groups excluding carboxylic acids is 1. The van der Waals surface area contributed by atoms with Crippen LogP contribution in [0.25, 0.3) is 0 Å². The van der Waals surface area contributed by atoms with Gasteiger partial charge in [-0.25, -0.2) is 8.42 Å². The molecule has 1 aromatic rings. The first-order chi connectivity index (χ1) is 8.78. The van der Waals surface area contributed by atoms with Crippen LogP contribution in [0.5, 0.6) is 5.75 Å². The summed E-state index contributed by atoms with van der Waals surface area (Å²) in [5, 5.41) is 9.34. The van der Waals surface area contributed by atoms with Gasteiger partial charge in [0.05, 0.1) is 11.4 Å². The second-order valence-electron chi connectivity index (χ2n) is 4.22. The van der Waals surface area contributed by atoms with Crippen molar-refractivity contribution in [3.63, 3.8) is 0 Å². The third kappa shape index (κ3) is 3.68. The Morgan fingerprint density at radius 2 is 1.95 bits per heavy atom. The number of rotatable bonds is 5. The molecule has 106 valence electrons. The van der Waals surface area contributed by atoms with Gasteiger partial charge in [-0.1, -0.05) is 13.0 Å². The molecule has 1 amide bonds. The lowest BCUT2D eigenvalue weighted by molar-refractivity contribution is -0.128. The van der Waals surface area contributed by atoms with Gasteiger partial charge in [0.25, 0.3) is 0 Å². The van der Waals surface area contributed by atoms with Crippen molar-refractivity contribution in [2.45, 2.75) is 11.8 Å². The summed E-state index contributed by atoms with van der Waals surface area (Å²) in [5.41, 5.74) is 0. The Labute approximate surface area is 113 Å². The average molecular weight is 286 g/mol. The second-order valence-corrected chi connectivity index (χ2v) is 6.15. The molecule has 0 aliphatic carbocycles. The highest BCUT2D eigenvalue weighted by Crippen LogP contribution is 2.19. The fourth-order valence-electron chi connectivity index (χ4n) is 1.45. The summed E-state index contributed by atoms with van der Waals surface area (Å²) >= 11 is 0. The Balaban J connectivity index is 3.06. The molecule has 0 unspecified atom stereocenters. The maximum atomic E-state index is 12.3. The first-order valence-electron chi connectivity index (χ1n) is 5.78. The van der Waals surface area contributed by atoms with Crippen LogP contribution in [0.1, 0.15) is 6.92 Å². The van der Waals surface area contributed by atoms with Gasteiger partial charge in [-0.15, -0.1) is 0 Å². The molecule has 0 saturated carbocycles. The van der Waals surface area contributed by atoms with Crippen molar-refractivity contribution < 1.29 is 18.3 Å². The number of aromatic hydroxyl groups is 1. The van der Waals surface area contributed by atoms with Gasteiger partial charge in [-0.3, -0.25) is 4.79 Å². The van der Waals surface area contributed by atoms with Gasteiger partial charge in [0.15, 0.2) is 0 Å². The van der Waals surface area contributed by atoms with Crippen LogP contribution in [0.15, 0.2) is 29.2 Å². The molecule has 19 heavy (non-hydrogen) atoms. The van der Waals surface area contributed by atoms with E-state index < -0.39 is 10.0 Å². The molecule has 0 radical (unpaired) electrons. The maximum absolute atomic E-state index is 12.3. The molecule has 0 spiro atoms. The van der Waals surface area contributed by atoms with Crippen LogP contribution >= 0.6 is 0 Å². The number of hydrogen-bond donors (Lipinski definition) is 1. The summed E-state index contributed by atoms with van der Waals surface area (Å²) in [7, 11) is -0.643. The largest absolute Gasteiger partial charge is 0.508 e. The minimum atomic E-state index is -3.78. The summed E-state index contributed by atoms with van der Waals surface area (Å²) in [4.78, 5) is 12.9. The van der Waals surface area contributed by atoms with Crippen molar-refractivity contribution >= 4 is 15.9 Å². The molecule has 1 N–H and O–H groups in total. The summed E-state index contributed by atoms with van der Waals surface area (Å²) in [6, 6.07) is 5.39. The quantitative estimate of drug-likeness (QED) is 0.854. The maximum Gasteiger partial charge on any atom is 0.243 e. The predicted octanol–water partition coefficient (Wildman–Crippen LogP) is 0.491. The highest BCUT2D eigenvalue weighted by atomic mass is 32.2. The van der Waals surface area contributed by atoms with Gasteiger partial charge < -0.3 is 10.0 Å². The van der Waals surface area contributed by atoms with E-state index in [1.165, 1.54) is 23.1 Å². The number of nitrogens with zero attached hydrogens (tertiary/aromatic N) is 2. The molecule has 0 aliphatic rings. The number of benzene rings is 1. The Bertz CT molecular complexity index is 555. The molecular formula is C12H18N2O4S. The highest BCUT2D eigenvalue weighted by Gasteiger charge is 2.25. The van der Waals surface area contributed by atoms with Crippen LogP contribution < -0.4 is 0 Å². The van der Waals surface area contributed by atoms with E-state index in [2.05, 4.69) is 0 Å². The minimum absolute atomic E-state index is 0.0269. The van der Waals surface area contributed by atoms with E-state index in [-0.39, 0.29) is 29.6 Å². The fourth-order valence-corrected chi connectivity index (χ4v) is 2.89. The lowest BCUT2D eigenvalue weighted by Crippen LogP contribution is -2.40. The van der Waals surface area contributed by atoms with E-state index in [0.717, 1.165) is 10.4 Å². The number of phenolic OH excluding ortho intramolecular Hbond substituents is 1. The number of carbonyl (C=O) groups is 1. The third-order valence-corrected chi connectivity index (χ3v) is 4.54. The Hall–Kier alpha value is -1.60. The molecular weight excluding hydrogens is 268 g/mol. The predicted molar refractivity (Wildman–Crippen MR) is 71.2 cm³/mol. The number of hydrogen-bond acceptors (Lipinski definition) is 4. The molecule has 1 aromatic carbocycles. The molecule has 6 nitrogen and oxygen atoms in total. The van der Waals surface area contributed by atoms with Crippen LogP contribution in [0, 0.1) is 0 Å². The van der Waals surface area contributed by atoms with Crippen LogP contribution in [-0.4, -0.2) is 55.8 Å². The minimum Gasteiger partial charge on any atom is -0.508 e. The zero-order valence-corrected chi connectivity index (χ0v) is 12.0. The molecule has 0 aromatic heterocycles. The molecule has 0 atom stereocenters. The SMILES string of the molecule is CCN(CC(=O)N(C)C)S(=O)(=O)c1cccc(O)c1. The van der Waals surface area contributed by atoms with Gasteiger partial charge in [0.2, 0.25) is 15.9 Å². The summed E-state index contributed by atoms with van der Waals surface area (Å²) in [5.74, 6) is -0.429. The Kier molecular flexibility index (Phi) is 4.90. The first kappa shape index (κ1) is 15.5. The van der Waals surface area contributed by atoms with Crippen LogP contribution in [0.3, 0.4) is 0 Å². The van der Waals surface area contributed by atoms with Crippen molar-refractivity contribution in [2.75, 3.05) is 27.2 Å². The topological polar surface area (TPSA) is 77.9 Å². The van der Waals surface area contributed by atoms with Crippen LogP contribution in [0.2, 0.25) is 0 Å². The summed E-state index contributed by atoms with van der Waals surface area (Å²) < 4.78 is 25.7. The Morgan fingerprint density at radius 3 is 2.42 bits per heavy atom. The number of sulfonamides is 1. The zero-order valence-electron chi connectivity index (χ0n) is 11.2. The monoisotopic (exact) mass is 286 g/mol. The summed E-state index contributed by atoms with van der Waals surface area (Å²) in [6.45, 7) is 1.61. The Morgan fingerprint density at radius 1 is 1.32 bits per heavy atom. The van der Waals surface area contributed by atoms with Gasteiger partial charge in [-0.2, -0.15) is 4.31 Å². The van der Waals surface area contributed by atoms with Gasteiger partial charge >= 0.3 is 0 Å². The van der Waals surface area contributed by atoms with E-state index in [4.69, 9.17) is 0 Å². The van der Waals surface area contributed by atoms with Crippen molar-refractivity contribution in [1.29, 1.82) is 0 Å². The van der Waals surface area contributed by atoms with E-state index >= 15 is 0 Å². The smallest absolute Gasteiger partial charge is 0.243 e. The molecule has 7 heteroatoms. The number of phenols is 1. The van der Waals surface area contributed by atoms with E-state index in [9.17, 15) is 18.3 Å². The standard InChI is InChI=1S/C12H18N2O4S/c1-4-14(9-12(16)13(2)3)19(17,18)11-7-5-6-10(15)8-11/h5-8,15H,4,9H2,1-3H3. The lowest BCUT2D eigenvalue weighted by atomic mass is 10.3. The number of likely N-dealkylation sites (N-methyl/N-ethyl adjacent to an activating group) is 2. The van der Waals surface area contributed by atoms with E-state index in [1.807, 2.05) is 0 Å². The molecule has 0 aliphatic heterocycles. The van der Waals surface area contributed by atoms with Crippen LogP contribution in [0.4, 0.5) is 0 Å². The fraction of sp³-hybridized carbons (Fsp3) is 0.417. The lowest BCUT2D eigenvalue weighted by Gasteiger charge is -2.21. The van der Waals surface area contributed by atoms with E-state index in [0.29, 0.717) is 0 Å². The van der Waals surface area contributed by atoms with Crippen molar-refractivity contribution in [3.05, 3.63) is 24.3 Å². The molecule has 0 saturated heterocycles. The third-order valence-electron chi connectivity index (χ3n) is 2.62. The van der Waals surface area contributed by atoms with Gasteiger partial charge in [-0.05, 0) is 18.2 Å². The van der Waals surface area contributed by atoms with Gasteiger partial charge in [0.1, 0.15) is 5.75 Å². The second kappa shape index (κ2) is 6.03. The van der Waals surface area contributed by atoms with Gasteiger partial charge in [0, 0.05) is 20.6 Å². The zero-order chi connectivity index (χ0) is 14.6. The van der Waals surface area contributed by atoms with Crippen LogP contribution in [-0.2, 0) is 14.8 Å². The molecule has 0 heterocycles. The number of amides is 1. The van der Waals surface area contributed by atoms with E-state index in [1.54, 1.807) is 21.0 Å². The highest BCUT2D eigenvalue weighted by molar-refractivity contribution is 7.89. The summed E-state index contributed by atoms with van der Waals surface area (Å²) in [6.07, 6.45) is 0. The van der Waals surface area contributed by atoms with Crippen molar-refractivity contribution in [3.8, 4) is 5.75 Å². The molecule has 0 fully saturated rings. The molecule has 1 rings (SSSR count). The first-order valence-corrected chi connectivity index (χ1v) is 7.22.